The van der Waals surface area contributed by atoms with Crippen molar-refractivity contribution in [2.45, 2.75) is 32.8 Å². The van der Waals surface area contributed by atoms with Gasteiger partial charge in [-0.1, -0.05) is 28.9 Å². The van der Waals surface area contributed by atoms with Gasteiger partial charge in [0.05, 0.1) is 6.10 Å². The summed E-state index contributed by atoms with van der Waals surface area (Å²) in [7, 11) is 0. The van der Waals surface area contributed by atoms with Gasteiger partial charge >= 0.3 is 0 Å². The van der Waals surface area contributed by atoms with Crippen molar-refractivity contribution in [1.29, 1.82) is 0 Å². The number of aryl methyl sites for hydroxylation is 1. The molecule has 0 bridgehead atoms. The van der Waals surface area contributed by atoms with Crippen molar-refractivity contribution in [3.63, 3.8) is 0 Å². The second kappa shape index (κ2) is 6.53. The minimum absolute atomic E-state index is 0.0116. The highest BCUT2D eigenvalue weighted by molar-refractivity contribution is 9.10. The van der Waals surface area contributed by atoms with E-state index in [0.29, 0.717) is 24.1 Å². The molecule has 2 unspecified atom stereocenters. The topological polar surface area (TPSA) is 38.3 Å². The lowest BCUT2D eigenvalue weighted by molar-refractivity contribution is 0.0827. The van der Waals surface area contributed by atoms with Crippen molar-refractivity contribution in [2.24, 2.45) is 5.92 Å². The summed E-state index contributed by atoms with van der Waals surface area (Å²) < 4.78 is 6.60. The van der Waals surface area contributed by atoms with E-state index in [1.54, 1.807) is 0 Å². The largest absolute Gasteiger partial charge is 0.378 e. The van der Waals surface area contributed by atoms with E-state index in [1.165, 1.54) is 0 Å². The summed E-state index contributed by atoms with van der Waals surface area (Å²) in [5.41, 5.74) is 1.83. The van der Waals surface area contributed by atoms with Crippen LogP contribution in [0.4, 0.5) is 0 Å². The molecule has 1 aromatic rings. The zero-order valence-corrected chi connectivity index (χ0v) is 13.0. The summed E-state index contributed by atoms with van der Waals surface area (Å²) in [5.74, 6) is 0.435. The average molecular weight is 326 g/mol. The molecule has 1 saturated heterocycles. The fourth-order valence-electron chi connectivity index (χ4n) is 2.44. The van der Waals surface area contributed by atoms with E-state index in [0.717, 1.165) is 29.5 Å². The molecular formula is C15H20BrNO2. The second-order valence-corrected chi connectivity index (χ2v) is 5.89. The highest BCUT2D eigenvalue weighted by atomic mass is 79.9. The SMILES string of the molecule is CCC1OCCC1CNC(=O)c1ccc(C)c(Br)c1. The standard InChI is InChI=1S/C15H20BrNO2/c1-3-14-12(6-7-19-14)9-17-15(18)11-5-4-10(2)13(16)8-11/h4-5,8,12,14H,3,6-7,9H2,1-2H3,(H,17,18). The first kappa shape index (κ1) is 14.5. The first-order chi connectivity index (χ1) is 9.11. The summed E-state index contributed by atoms with van der Waals surface area (Å²) >= 11 is 3.45. The van der Waals surface area contributed by atoms with Crippen LogP contribution in [0.1, 0.15) is 35.7 Å². The van der Waals surface area contributed by atoms with Crippen LogP contribution < -0.4 is 5.32 Å². The zero-order valence-electron chi connectivity index (χ0n) is 11.4. The molecule has 1 aliphatic heterocycles. The van der Waals surface area contributed by atoms with E-state index in [9.17, 15) is 4.79 Å². The van der Waals surface area contributed by atoms with Gasteiger partial charge in [0, 0.05) is 29.1 Å². The maximum atomic E-state index is 12.1. The third-order valence-corrected chi connectivity index (χ3v) is 4.56. The van der Waals surface area contributed by atoms with Crippen molar-refractivity contribution in [3.8, 4) is 0 Å². The Morgan fingerprint density at radius 2 is 2.32 bits per heavy atom. The fourth-order valence-corrected chi connectivity index (χ4v) is 2.82. The minimum atomic E-state index is -0.0116. The molecule has 1 N–H and O–H groups in total. The monoisotopic (exact) mass is 325 g/mol. The molecule has 1 aromatic carbocycles. The maximum Gasteiger partial charge on any atom is 0.251 e. The number of hydrogen-bond acceptors (Lipinski definition) is 2. The van der Waals surface area contributed by atoms with E-state index in [-0.39, 0.29) is 5.91 Å². The van der Waals surface area contributed by atoms with Gasteiger partial charge in [-0.25, -0.2) is 0 Å². The Morgan fingerprint density at radius 3 is 3.00 bits per heavy atom. The highest BCUT2D eigenvalue weighted by Gasteiger charge is 2.26. The second-order valence-electron chi connectivity index (χ2n) is 5.04. The van der Waals surface area contributed by atoms with Gasteiger partial charge in [-0.2, -0.15) is 0 Å². The van der Waals surface area contributed by atoms with Gasteiger partial charge in [0.1, 0.15) is 0 Å². The summed E-state index contributed by atoms with van der Waals surface area (Å²) in [6, 6.07) is 5.68. The van der Waals surface area contributed by atoms with Crippen LogP contribution in [-0.4, -0.2) is 25.2 Å². The molecule has 0 radical (unpaired) electrons. The molecule has 0 spiro atoms. The summed E-state index contributed by atoms with van der Waals surface area (Å²) in [6.07, 6.45) is 2.34. The average Bonchev–Trinajstić information content (AvgIpc) is 2.86. The molecule has 0 aliphatic carbocycles. The lowest BCUT2D eigenvalue weighted by Gasteiger charge is -2.17. The third-order valence-electron chi connectivity index (χ3n) is 3.71. The van der Waals surface area contributed by atoms with Gasteiger partial charge in [-0.15, -0.1) is 0 Å². The number of amides is 1. The molecule has 1 fully saturated rings. The summed E-state index contributed by atoms with van der Waals surface area (Å²) in [4.78, 5) is 12.1. The Labute approximate surface area is 122 Å². The zero-order chi connectivity index (χ0) is 13.8. The Morgan fingerprint density at radius 1 is 1.53 bits per heavy atom. The molecule has 2 rings (SSSR count). The fraction of sp³-hybridized carbons (Fsp3) is 0.533. The molecule has 3 nitrogen and oxygen atoms in total. The van der Waals surface area contributed by atoms with Gasteiger partial charge in [0.15, 0.2) is 0 Å². The quantitative estimate of drug-likeness (QED) is 0.922. The number of rotatable bonds is 4. The van der Waals surface area contributed by atoms with Crippen molar-refractivity contribution in [3.05, 3.63) is 33.8 Å². The molecule has 1 amide bonds. The molecule has 0 aromatic heterocycles. The van der Waals surface area contributed by atoms with Gasteiger partial charge in [0.25, 0.3) is 5.91 Å². The Balaban J connectivity index is 1.92. The van der Waals surface area contributed by atoms with Gasteiger partial charge in [0.2, 0.25) is 0 Å². The van der Waals surface area contributed by atoms with E-state index >= 15 is 0 Å². The number of nitrogens with one attached hydrogen (secondary N) is 1. The highest BCUT2D eigenvalue weighted by Crippen LogP contribution is 2.23. The van der Waals surface area contributed by atoms with Crippen LogP contribution in [0.15, 0.2) is 22.7 Å². The third kappa shape index (κ3) is 3.57. The maximum absolute atomic E-state index is 12.1. The van der Waals surface area contributed by atoms with Crippen molar-refractivity contribution in [2.75, 3.05) is 13.2 Å². The van der Waals surface area contributed by atoms with Crippen LogP contribution in [0.5, 0.6) is 0 Å². The lowest BCUT2D eigenvalue weighted by atomic mass is 9.99. The number of benzene rings is 1. The van der Waals surface area contributed by atoms with Gasteiger partial charge in [-0.05, 0) is 37.5 Å². The van der Waals surface area contributed by atoms with Crippen LogP contribution in [0.3, 0.4) is 0 Å². The molecule has 2 atom stereocenters. The molecule has 104 valence electrons. The van der Waals surface area contributed by atoms with Crippen LogP contribution in [0.25, 0.3) is 0 Å². The minimum Gasteiger partial charge on any atom is -0.378 e. The summed E-state index contributed by atoms with van der Waals surface area (Å²) in [6.45, 7) is 5.65. The van der Waals surface area contributed by atoms with Crippen LogP contribution in [-0.2, 0) is 4.74 Å². The smallest absolute Gasteiger partial charge is 0.251 e. The predicted octanol–water partition coefficient (Wildman–Crippen LogP) is 3.30. The van der Waals surface area contributed by atoms with Crippen LogP contribution in [0.2, 0.25) is 0 Å². The molecular weight excluding hydrogens is 306 g/mol. The molecule has 1 heterocycles. The molecule has 4 heteroatoms. The number of carbonyl (C=O) groups excluding carboxylic acids is 1. The number of carbonyl (C=O) groups is 1. The normalized spacial score (nSPS) is 22.5. The molecule has 1 aliphatic rings. The Kier molecular flexibility index (Phi) is 4.99. The Hall–Kier alpha value is -0.870. The Bertz CT molecular complexity index is 461. The van der Waals surface area contributed by atoms with Gasteiger partial charge < -0.3 is 10.1 Å². The number of hydrogen-bond donors (Lipinski definition) is 1. The lowest BCUT2D eigenvalue weighted by Crippen LogP contribution is -2.32. The van der Waals surface area contributed by atoms with Gasteiger partial charge in [-0.3, -0.25) is 4.79 Å². The van der Waals surface area contributed by atoms with E-state index in [1.807, 2.05) is 25.1 Å². The van der Waals surface area contributed by atoms with Crippen molar-refractivity contribution >= 4 is 21.8 Å². The van der Waals surface area contributed by atoms with E-state index in [4.69, 9.17) is 4.74 Å². The number of ether oxygens (including phenoxy) is 1. The molecule has 19 heavy (non-hydrogen) atoms. The summed E-state index contributed by atoms with van der Waals surface area (Å²) in [5, 5.41) is 3.01. The molecule has 0 saturated carbocycles. The predicted molar refractivity (Wildman–Crippen MR) is 79.4 cm³/mol. The van der Waals surface area contributed by atoms with Crippen molar-refractivity contribution < 1.29 is 9.53 Å². The van der Waals surface area contributed by atoms with Crippen molar-refractivity contribution in [1.82, 2.24) is 5.32 Å². The van der Waals surface area contributed by atoms with Crippen LogP contribution in [0, 0.1) is 12.8 Å². The first-order valence-electron chi connectivity index (χ1n) is 6.77. The van der Waals surface area contributed by atoms with Crippen LogP contribution >= 0.6 is 15.9 Å². The van der Waals surface area contributed by atoms with E-state index in [2.05, 4.69) is 28.2 Å². The number of halogens is 1. The first-order valence-corrected chi connectivity index (χ1v) is 7.57. The van der Waals surface area contributed by atoms with E-state index < -0.39 is 0 Å².